The zero-order valence-corrected chi connectivity index (χ0v) is 17.6. The molecule has 0 aliphatic heterocycles. The summed E-state index contributed by atoms with van der Waals surface area (Å²) in [5.41, 5.74) is 4.34. The summed E-state index contributed by atoms with van der Waals surface area (Å²) in [5, 5.41) is 1.09. The minimum atomic E-state index is 0.341. The quantitative estimate of drug-likeness (QED) is 0.283. The van der Waals surface area contributed by atoms with Crippen molar-refractivity contribution in [3.63, 3.8) is 0 Å². The number of rotatable bonds is 4. The summed E-state index contributed by atoms with van der Waals surface area (Å²) in [6, 6.07) is 25.6. The summed E-state index contributed by atoms with van der Waals surface area (Å²) in [6.07, 6.45) is 0. The zero-order chi connectivity index (χ0) is 20.5. The van der Waals surface area contributed by atoms with Crippen LogP contribution in [0.3, 0.4) is 0 Å². The lowest BCUT2D eigenvalue weighted by molar-refractivity contribution is 0.585. The number of aromatic nitrogens is 2. The highest BCUT2D eigenvalue weighted by atomic mass is 35.5. The number of oxazole rings is 1. The third-order valence-corrected chi connectivity index (χ3v) is 5.96. The van der Waals surface area contributed by atoms with Crippen LogP contribution in [0.25, 0.3) is 32.4 Å². The summed E-state index contributed by atoms with van der Waals surface area (Å²) in [6.45, 7) is 2.03. The van der Waals surface area contributed by atoms with Gasteiger partial charge in [0.05, 0.1) is 10.2 Å². The SMILES string of the molecule is Cc1ccc(C(Cl)=Nc2oc(-c3ccccc3)nc2-c2nc3ccccc3s2)cc1. The van der Waals surface area contributed by atoms with Crippen LogP contribution in [-0.4, -0.2) is 15.1 Å². The van der Waals surface area contributed by atoms with Gasteiger partial charge in [0.1, 0.15) is 10.2 Å². The van der Waals surface area contributed by atoms with E-state index < -0.39 is 0 Å². The second-order valence-corrected chi connectivity index (χ2v) is 8.18. The highest BCUT2D eigenvalue weighted by molar-refractivity contribution is 7.21. The standard InChI is InChI=1S/C24H16ClN3OS/c1-15-11-13-16(14-12-15)21(25)28-23-20(24-26-18-9-5-6-10-19(18)30-24)27-22(29-23)17-7-3-2-4-8-17/h2-14H,1H3. The van der Waals surface area contributed by atoms with Crippen molar-refractivity contribution >= 4 is 44.2 Å². The number of aryl methyl sites for hydroxylation is 1. The highest BCUT2D eigenvalue weighted by Gasteiger charge is 2.20. The van der Waals surface area contributed by atoms with Crippen LogP contribution in [0.2, 0.25) is 0 Å². The molecule has 6 heteroatoms. The first-order valence-electron chi connectivity index (χ1n) is 9.41. The van der Waals surface area contributed by atoms with Crippen LogP contribution in [0.4, 0.5) is 5.88 Å². The van der Waals surface area contributed by atoms with Gasteiger partial charge in [0, 0.05) is 11.1 Å². The molecule has 2 heterocycles. The molecule has 0 amide bonds. The summed E-state index contributed by atoms with van der Waals surface area (Å²) >= 11 is 8.08. The van der Waals surface area contributed by atoms with Crippen molar-refractivity contribution in [3.05, 3.63) is 90.0 Å². The van der Waals surface area contributed by atoms with Gasteiger partial charge in [-0.05, 0) is 31.2 Å². The Kier molecular flexibility index (Phi) is 4.91. The highest BCUT2D eigenvalue weighted by Crippen LogP contribution is 2.38. The molecule has 0 saturated heterocycles. The predicted octanol–water partition coefficient (Wildman–Crippen LogP) is 7.24. The van der Waals surface area contributed by atoms with Crippen molar-refractivity contribution in [2.24, 2.45) is 4.99 Å². The molecule has 0 fully saturated rings. The van der Waals surface area contributed by atoms with Gasteiger partial charge >= 0.3 is 0 Å². The molecule has 0 atom stereocenters. The van der Waals surface area contributed by atoms with Crippen molar-refractivity contribution in [2.45, 2.75) is 6.92 Å². The van der Waals surface area contributed by atoms with Gasteiger partial charge in [-0.1, -0.05) is 71.8 Å². The second kappa shape index (κ2) is 7.86. The van der Waals surface area contributed by atoms with Crippen LogP contribution in [0.5, 0.6) is 0 Å². The van der Waals surface area contributed by atoms with Crippen molar-refractivity contribution in [2.75, 3.05) is 0 Å². The Morgan fingerprint density at radius 1 is 0.900 bits per heavy atom. The maximum absolute atomic E-state index is 6.53. The first kappa shape index (κ1) is 18.7. The fourth-order valence-corrected chi connectivity index (χ4v) is 4.20. The molecule has 5 aromatic rings. The summed E-state index contributed by atoms with van der Waals surface area (Å²) in [5.74, 6) is 0.829. The molecule has 0 saturated carbocycles. The molecular formula is C24H16ClN3OS. The number of para-hydroxylation sites is 1. The van der Waals surface area contributed by atoms with Crippen molar-refractivity contribution in [1.29, 1.82) is 0 Å². The van der Waals surface area contributed by atoms with E-state index in [4.69, 9.17) is 26.0 Å². The maximum atomic E-state index is 6.53. The number of thiazole rings is 1. The lowest BCUT2D eigenvalue weighted by atomic mass is 10.2. The first-order valence-corrected chi connectivity index (χ1v) is 10.6. The van der Waals surface area contributed by atoms with Gasteiger partial charge in [-0.25, -0.2) is 9.97 Å². The normalized spacial score (nSPS) is 11.9. The average Bonchev–Trinajstić information content (AvgIpc) is 3.39. The Balaban J connectivity index is 1.65. The molecule has 0 N–H and O–H groups in total. The fraction of sp³-hybridized carbons (Fsp3) is 0.0417. The van der Waals surface area contributed by atoms with E-state index in [0.717, 1.165) is 31.9 Å². The van der Waals surface area contributed by atoms with Crippen molar-refractivity contribution in [1.82, 2.24) is 9.97 Å². The molecule has 0 unspecified atom stereocenters. The molecule has 3 aromatic carbocycles. The molecule has 146 valence electrons. The number of nitrogens with zero attached hydrogens (tertiary/aromatic N) is 3. The molecule has 5 rings (SSSR count). The molecule has 0 aliphatic rings. The van der Waals surface area contributed by atoms with E-state index in [1.807, 2.05) is 85.8 Å². The van der Waals surface area contributed by atoms with Gasteiger partial charge < -0.3 is 4.42 Å². The van der Waals surface area contributed by atoms with E-state index in [2.05, 4.69) is 4.99 Å². The van der Waals surface area contributed by atoms with Crippen molar-refractivity contribution in [3.8, 4) is 22.2 Å². The van der Waals surface area contributed by atoms with E-state index in [1.165, 1.54) is 0 Å². The average molecular weight is 430 g/mol. The summed E-state index contributed by atoms with van der Waals surface area (Å²) in [7, 11) is 0. The molecule has 4 nitrogen and oxygen atoms in total. The zero-order valence-electron chi connectivity index (χ0n) is 16.0. The smallest absolute Gasteiger partial charge is 0.251 e. The van der Waals surface area contributed by atoms with Gasteiger partial charge in [-0.15, -0.1) is 11.3 Å². The van der Waals surface area contributed by atoms with Crippen molar-refractivity contribution < 1.29 is 4.42 Å². The molecule has 2 aromatic heterocycles. The minimum absolute atomic E-state index is 0.341. The Labute approximate surface area is 182 Å². The van der Waals surface area contributed by atoms with Crippen LogP contribution >= 0.6 is 22.9 Å². The third kappa shape index (κ3) is 3.65. The summed E-state index contributed by atoms with van der Waals surface area (Å²) in [4.78, 5) is 14.0. The maximum Gasteiger partial charge on any atom is 0.251 e. The number of benzene rings is 3. The van der Waals surface area contributed by atoms with E-state index in [9.17, 15) is 0 Å². The number of hydrogen-bond donors (Lipinski definition) is 0. The molecular weight excluding hydrogens is 414 g/mol. The molecule has 30 heavy (non-hydrogen) atoms. The van der Waals surface area contributed by atoms with Crippen LogP contribution in [0.15, 0.2) is 88.3 Å². The predicted molar refractivity (Wildman–Crippen MR) is 124 cm³/mol. The van der Waals surface area contributed by atoms with Crippen LogP contribution in [0.1, 0.15) is 11.1 Å². The van der Waals surface area contributed by atoms with Crippen LogP contribution in [-0.2, 0) is 0 Å². The molecule has 0 spiro atoms. The van der Waals surface area contributed by atoms with E-state index in [-0.39, 0.29) is 0 Å². The third-order valence-electron chi connectivity index (χ3n) is 4.62. The summed E-state index contributed by atoms with van der Waals surface area (Å²) < 4.78 is 7.13. The van der Waals surface area contributed by atoms with E-state index in [1.54, 1.807) is 11.3 Å². The van der Waals surface area contributed by atoms with Crippen LogP contribution < -0.4 is 0 Å². The lowest BCUT2D eigenvalue weighted by Crippen LogP contribution is -1.90. The van der Waals surface area contributed by atoms with Gasteiger partial charge in [-0.3, -0.25) is 0 Å². The molecule has 0 aliphatic carbocycles. The Morgan fingerprint density at radius 2 is 1.63 bits per heavy atom. The Hall–Kier alpha value is -3.28. The lowest BCUT2D eigenvalue weighted by Gasteiger charge is -1.99. The van der Waals surface area contributed by atoms with E-state index in [0.29, 0.717) is 22.6 Å². The first-order chi connectivity index (χ1) is 14.7. The van der Waals surface area contributed by atoms with Gasteiger partial charge in [-0.2, -0.15) is 4.99 Å². The second-order valence-electron chi connectivity index (χ2n) is 6.79. The fourth-order valence-electron chi connectivity index (χ4n) is 3.05. The molecule has 0 bridgehead atoms. The number of aliphatic imine (C=N–C) groups is 1. The Morgan fingerprint density at radius 3 is 2.40 bits per heavy atom. The molecule has 0 radical (unpaired) electrons. The number of halogens is 1. The Bertz CT molecular complexity index is 1320. The van der Waals surface area contributed by atoms with Gasteiger partial charge in [0.2, 0.25) is 5.89 Å². The van der Waals surface area contributed by atoms with E-state index >= 15 is 0 Å². The number of fused-ring (bicyclic) bond motifs is 1. The topological polar surface area (TPSA) is 51.3 Å². The van der Waals surface area contributed by atoms with Gasteiger partial charge in [0.25, 0.3) is 5.88 Å². The monoisotopic (exact) mass is 429 g/mol. The van der Waals surface area contributed by atoms with Crippen LogP contribution in [0, 0.1) is 6.92 Å². The minimum Gasteiger partial charge on any atom is -0.418 e. The largest absolute Gasteiger partial charge is 0.418 e. The van der Waals surface area contributed by atoms with Gasteiger partial charge in [0.15, 0.2) is 5.69 Å². The number of hydrogen-bond acceptors (Lipinski definition) is 5.